The molecule has 4 heteroatoms. The number of hydrogen-bond acceptors (Lipinski definition) is 4. The molecule has 1 aromatic carbocycles. The van der Waals surface area contributed by atoms with E-state index in [2.05, 4.69) is 18.6 Å². The number of hydrogen-bond donors (Lipinski definition) is 1. The van der Waals surface area contributed by atoms with Crippen molar-refractivity contribution >= 4 is 5.97 Å². The number of ether oxygens (including phenoxy) is 2. The van der Waals surface area contributed by atoms with Gasteiger partial charge in [-0.2, -0.15) is 0 Å². The summed E-state index contributed by atoms with van der Waals surface area (Å²) in [7, 11) is 1.34. The Hall–Kier alpha value is -1.55. The second kappa shape index (κ2) is 6.57. The van der Waals surface area contributed by atoms with Gasteiger partial charge in [-0.05, 0) is 24.5 Å². The largest absolute Gasteiger partial charge is 0.493 e. The fraction of sp³-hybridized carbons (Fsp3) is 0.533. The minimum atomic E-state index is -1.01. The van der Waals surface area contributed by atoms with E-state index >= 15 is 0 Å². The lowest BCUT2D eigenvalue weighted by molar-refractivity contribution is -0.146. The Kier molecular flexibility index (Phi) is 5.36. The van der Waals surface area contributed by atoms with Crippen LogP contribution in [-0.4, -0.2) is 25.2 Å². The molecule has 0 spiro atoms. The normalized spacial score (nSPS) is 14.0. The summed E-state index contributed by atoms with van der Waals surface area (Å²) in [4.78, 5) is 11.4. The topological polar surface area (TPSA) is 61.5 Å². The van der Waals surface area contributed by atoms with Crippen LogP contribution >= 0.6 is 0 Å². The third-order valence-electron chi connectivity index (χ3n) is 3.07. The zero-order chi connectivity index (χ0) is 14.5. The van der Waals surface area contributed by atoms with Crippen molar-refractivity contribution in [1.29, 1.82) is 0 Å². The van der Waals surface area contributed by atoms with Crippen LogP contribution in [0.5, 0.6) is 5.75 Å². The molecule has 0 aliphatic rings. The number of benzene rings is 1. The highest BCUT2D eigenvalue weighted by molar-refractivity contribution is 5.79. The Labute approximate surface area is 114 Å². The van der Waals surface area contributed by atoms with E-state index in [1.54, 1.807) is 6.92 Å². The maximum absolute atomic E-state index is 11.4. The summed E-state index contributed by atoms with van der Waals surface area (Å²) in [5.74, 6) is 0.812. The van der Waals surface area contributed by atoms with E-state index in [1.807, 2.05) is 24.3 Å². The van der Waals surface area contributed by atoms with E-state index in [1.165, 1.54) is 7.11 Å². The number of methoxy groups -OCH3 is 1. The van der Waals surface area contributed by atoms with Crippen LogP contribution in [0.25, 0.3) is 0 Å². The smallest absolute Gasteiger partial charge is 0.325 e. The summed E-state index contributed by atoms with van der Waals surface area (Å²) in [5, 5.41) is 0. The van der Waals surface area contributed by atoms with E-state index in [4.69, 9.17) is 10.5 Å². The number of carbonyl (C=O) groups excluding carboxylic acids is 1. The fourth-order valence-corrected chi connectivity index (χ4v) is 1.80. The lowest BCUT2D eigenvalue weighted by Gasteiger charge is -2.22. The van der Waals surface area contributed by atoms with Crippen molar-refractivity contribution in [3.8, 4) is 5.75 Å². The molecular formula is C15H23NO3. The summed E-state index contributed by atoms with van der Waals surface area (Å²) >= 11 is 0. The van der Waals surface area contributed by atoms with Crippen molar-refractivity contribution in [1.82, 2.24) is 0 Å². The van der Waals surface area contributed by atoms with E-state index in [0.717, 1.165) is 11.3 Å². The molecule has 0 fully saturated rings. The first-order chi connectivity index (χ1) is 8.88. The average molecular weight is 265 g/mol. The molecule has 0 bridgehead atoms. The first kappa shape index (κ1) is 15.5. The van der Waals surface area contributed by atoms with Gasteiger partial charge in [0.05, 0.1) is 13.7 Å². The molecule has 0 amide bonds. The number of nitrogens with two attached hydrogens (primary N) is 1. The highest BCUT2D eigenvalue weighted by Crippen LogP contribution is 2.26. The number of rotatable bonds is 6. The SMILES string of the molecule is COC(=O)C(C)(N)CCOc1ccccc1C(C)C. The minimum Gasteiger partial charge on any atom is -0.493 e. The Morgan fingerprint density at radius 3 is 2.58 bits per heavy atom. The second-order valence-electron chi connectivity index (χ2n) is 5.20. The molecular weight excluding hydrogens is 242 g/mol. The van der Waals surface area contributed by atoms with Gasteiger partial charge in [-0.15, -0.1) is 0 Å². The summed E-state index contributed by atoms with van der Waals surface area (Å²) in [6, 6.07) is 7.90. The van der Waals surface area contributed by atoms with Crippen molar-refractivity contribution in [3.63, 3.8) is 0 Å². The summed E-state index contributed by atoms with van der Waals surface area (Å²) in [5.41, 5.74) is 6.02. The molecule has 4 nitrogen and oxygen atoms in total. The Morgan fingerprint density at radius 1 is 1.37 bits per heavy atom. The molecule has 2 N–H and O–H groups in total. The maximum Gasteiger partial charge on any atom is 0.325 e. The molecule has 0 saturated heterocycles. The minimum absolute atomic E-state index is 0.381. The third-order valence-corrected chi connectivity index (χ3v) is 3.07. The van der Waals surface area contributed by atoms with Gasteiger partial charge in [0, 0.05) is 6.42 Å². The van der Waals surface area contributed by atoms with Crippen molar-refractivity contribution in [3.05, 3.63) is 29.8 Å². The van der Waals surface area contributed by atoms with E-state index in [9.17, 15) is 4.79 Å². The Balaban J connectivity index is 2.61. The monoisotopic (exact) mass is 265 g/mol. The maximum atomic E-state index is 11.4. The van der Waals surface area contributed by atoms with Gasteiger partial charge in [0.2, 0.25) is 0 Å². The molecule has 19 heavy (non-hydrogen) atoms. The number of esters is 1. The zero-order valence-corrected chi connectivity index (χ0v) is 12.1. The van der Waals surface area contributed by atoms with Crippen molar-refractivity contribution < 1.29 is 14.3 Å². The standard InChI is InChI=1S/C15H23NO3/c1-11(2)12-7-5-6-8-13(12)19-10-9-15(3,16)14(17)18-4/h5-8,11H,9-10,16H2,1-4H3. The highest BCUT2D eigenvalue weighted by Gasteiger charge is 2.29. The summed E-state index contributed by atoms with van der Waals surface area (Å²) in [6.45, 7) is 6.26. The van der Waals surface area contributed by atoms with Gasteiger partial charge in [0.25, 0.3) is 0 Å². The summed E-state index contributed by atoms with van der Waals surface area (Å²) < 4.78 is 10.4. The van der Waals surface area contributed by atoms with Crippen LogP contribution in [0.3, 0.4) is 0 Å². The molecule has 1 unspecified atom stereocenters. The molecule has 1 atom stereocenters. The molecule has 0 heterocycles. The quantitative estimate of drug-likeness (QED) is 0.803. The predicted octanol–water partition coefficient (Wildman–Crippen LogP) is 2.47. The van der Waals surface area contributed by atoms with E-state index < -0.39 is 11.5 Å². The molecule has 0 aliphatic heterocycles. The van der Waals surface area contributed by atoms with Crippen LogP contribution in [0.2, 0.25) is 0 Å². The molecule has 106 valence electrons. The fourth-order valence-electron chi connectivity index (χ4n) is 1.80. The molecule has 0 saturated carbocycles. The van der Waals surface area contributed by atoms with Gasteiger partial charge >= 0.3 is 5.97 Å². The van der Waals surface area contributed by atoms with Crippen LogP contribution in [0.4, 0.5) is 0 Å². The predicted molar refractivity (Wildman–Crippen MR) is 75.3 cm³/mol. The van der Waals surface area contributed by atoms with E-state index in [-0.39, 0.29) is 0 Å². The number of para-hydroxylation sites is 1. The second-order valence-corrected chi connectivity index (χ2v) is 5.20. The van der Waals surface area contributed by atoms with E-state index in [0.29, 0.717) is 18.9 Å². The molecule has 0 aliphatic carbocycles. The first-order valence-electron chi connectivity index (χ1n) is 6.47. The van der Waals surface area contributed by atoms with Crippen molar-refractivity contribution in [2.24, 2.45) is 5.73 Å². The van der Waals surface area contributed by atoms with Crippen molar-refractivity contribution in [2.75, 3.05) is 13.7 Å². The summed E-state index contributed by atoms with van der Waals surface area (Å²) in [6.07, 6.45) is 0.409. The zero-order valence-electron chi connectivity index (χ0n) is 12.1. The Bertz CT molecular complexity index is 427. The molecule has 0 radical (unpaired) electrons. The van der Waals surface area contributed by atoms with Gasteiger partial charge in [-0.25, -0.2) is 0 Å². The lowest BCUT2D eigenvalue weighted by Crippen LogP contribution is -2.46. The van der Waals surface area contributed by atoms with Gasteiger partial charge in [-0.1, -0.05) is 32.0 Å². The van der Waals surface area contributed by atoms with Gasteiger partial charge < -0.3 is 15.2 Å². The van der Waals surface area contributed by atoms with Crippen LogP contribution in [0.1, 0.15) is 38.7 Å². The van der Waals surface area contributed by atoms with Gasteiger partial charge in [-0.3, -0.25) is 4.79 Å². The molecule has 0 aromatic heterocycles. The average Bonchev–Trinajstić information content (AvgIpc) is 2.37. The lowest BCUT2D eigenvalue weighted by atomic mass is 10.00. The Morgan fingerprint density at radius 2 is 2.00 bits per heavy atom. The van der Waals surface area contributed by atoms with Crippen LogP contribution in [0.15, 0.2) is 24.3 Å². The first-order valence-corrected chi connectivity index (χ1v) is 6.47. The molecule has 1 aromatic rings. The third kappa shape index (κ3) is 4.24. The number of carbonyl (C=O) groups is 1. The van der Waals surface area contributed by atoms with Gasteiger partial charge in [0.15, 0.2) is 0 Å². The molecule has 1 rings (SSSR count). The van der Waals surface area contributed by atoms with Crippen molar-refractivity contribution in [2.45, 2.75) is 38.6 Å². The highest BCUT2D eigenvalue weighted by atomic mass is 16.5. The van der Waals surface area contributed by atoms with Crippen LogP contribution < -0.4 is 10.5 Å². The van der Waals surface area contributed by atoms with Crippen LogP contribution in [-0.2, 0) is 9.53 Å². The van der Waals surface area contributed by atoms with Crippen LogP contribution in [0, 0.1) is 0 Å². The van der Waals surface area contributed by atoms with Gasteiger partial charge in [0.1, 0.15) is 11.3 Å².